The Kier molecular flexibility index (Phi) is 6.86. The van der Waals surface area contributed by atoms with E-state index in [4.69, 9.17) is 5.26 Å². The van der Waals surface area contributed by atoms with Crippen LogP contribution in [0.4, 0.5) is 5.69 Å². The lowest BCUT2D eigenvalue weighted by Gasteiger charge is -2.28. The van der Waals surface area contributed by atoms with Gasteiger partial charge in [0.1, 0.15) is 0 Å². The number of rotatable bonds is 4. The summed E-state index contributed by atoms with van der Waals surface area (Å²) >= 11 is 0. The minimum atomic E-state index is -0.0577. The number of nitrogens with one attached hydrogen (secondary N) is 2. The molecule has 0 bridgehead atoms. The molecule has 3 rings (SSSR count). The molecule has 0 atom stereocenters. The van der Waals surface area contributed by atoms with Crippen LogP contribution in [0.3, 0.4) is 0 Å². The smallest absolute Gasteiger partial charge is 0.227 e. The van der Waals surface area contributed by atoms with Crippen LogP contribution in [0.2, 0.25) is 0 Å². The van der Waals surface area contributed by atoms with Crippen molar-refractivity contribution in [2.75, 3.05) is 5.32 Å². The van der Waals surface area contributed by atoms with E-state index in [-0.39, 0.29) is 23.7 Å². The van der Waals surface area contributed by atoms with Crippen molar-refractivity contribution in [1.82, 2.24) is 5.32 Å². The maximum absolute atomic E-state index is 12.6. The van der Waals surface area contributed by atoms with Gasteiger partial charge in [-0.3, -0.25) is 9.59 Å². The van der Waals surface area contributed by atoms with E-state index in [1.807, 2.05) is 0 Å². The van der Waals surface area contributed by atoms with Crippen molar-refractivity contribution in [3.8, 4) is 6.07 Å². The third kappa shape index (κ3) is 5.56. The fraction of sp³-hybridized carbons (Fsp3) is 0.591. The Morgan fingerprint density at radius 3 is 2.15 bits per heavy atom. The van der Waals surface area contributed by atoms with Gasteiger partial charge in [-0.05, 0) is 56.7 Å². The normalized spacial score (nSPS) is 23.7. The molecule has 27 heavy (non-hydrogen) atoms. The zero-order valence-electron chi connectivity index (χ0n) is 15.9. The molecule has 1 aromatic rings. The van der Waals surface area contributed by atoms with Gasteiger partial charge < -0.3 is 10.6 Å². The van der Waals surface area contributed by atoms with Crippen LogP contribution in [0.1, 0.15) is 69.8 Å². The molecule has 0 saturated heterocycles. The summed E-state index contributed by atoms with van der Waals surface area (Å²) < 4.78 is 0. The molecule has 2 aliphatic carbocycles. The summed E-state index contributed by atoms with van der Waals surface area (Å²) in [5, 5.41) is 15.1. The first kappa shape index (κ1) is 19.4. The molecule has 0 aromatic heterocycles. The van der Waals surface area contributed by atoms with E-state index >= 15 is 0 Å². The number of hydrogen-bond donors (Lipinski definition) is 2. The first-order chi connectivity index (χ1) is 13.2. The van der Waals surface area contributed by atoms with Crippen molar-refractivity contribution < 1.29 is 9.59 Å². The molecule has 0 spiro atoms. The van der Waals surface area contributed by atoms with E-state index in [0.717, 1.165) is 38.5 Å². The number of hydrogen-bond acceptors (Lipinski definition) is 3. The fourth-order valence-corrected chi connectivity index (χ4v) is 4.27. The SMILES string of the molecule is N#Cc1cccc(NC(=O)C2CCC(C(=O)NC3CCCCCC3)CC2)c1. The van der Waals surface area contributed by atoms with Crippen LogP contribution in [0.5, 0.6) is 0 Å². The van der Waals surface area contributed by atoms with Gasteiger partial charge >= 0.3 is 0 Å². The highest BCUT2D eigenvalue weighted by Gasteiger charge is 2.30. The van der Waals surface area contributed by atoms with Crippen LogP contribution in [0, 0.1) is 23.2 Å². The van der Waals surface area contributed by atoms with Gasteiger partial charge in [-0.15, -0.1) is 0 Å². The number of benzene rings is 1. The first-order valence-electron chi connectivity index (χ1n) is 10.3. The monoisotopic (exact) mass is 367 g/mol. The standard InChI is InChI=1S/C22H29N3O2/c23-15-16-6-5-9-20(14-16)25-22(27)18-12-10-17(11-13-18)21(26)24-19-7-3-1-2-4-8-19/h5-6,9,14,17-19H,1-4,7-8,10-13H2,(H,24,26)(H,25,27). The third-order valence-electron chi connectivity index (χ3n) is 5.93. The minimum Gasteiger partial charge on any atom is -0.353 e. The summed E-state index contributed by atoms with van der Waals surface area (Å²) in [6, 6.07) is 9.38. The van der Waals surface area contributed by atoms with Crippen molar-refractivity contribution in [2.45, 2.75) is 70.3 Å². The number of nitrogens with zero attached hydrogens (tertiary/aromatic N) is 1. The van der Waals surface area contributed by atoms with Crippen molar-refractivity contribution in [2.24, 2.45) is 11.8 Å². The van der Waals surface area contributed by atoms with Gasteiger partial charge in [0.15, 0.2) is 0 Å². The fourth-order valence-electron chi connectivity index (χ4n) is 4.27. The maximum Gasteiger partial charge on any atom is 0.227 e. The van der Waals surface area contributed by atoms with Crippen molar-refractivity contribution >= 4 is 17.5 Å². The molecule has 5 heteroatoms. The Bertz CT molecular complexity index is 694. The number of nitriles is 1. The quantitative estimate of drug-likeness (QED) is 0.785. The molecule has 2 saturated carbocycles. The maximum atomic E-state index is 12.6. The molecule has 2 fully saturated rings. The average molecular weight is 367 g/mol. The lowest BCUT2D eigenvalue weighted by molar-refractivity contribution is -0.129. The lowest BCUT2D eigenvalue weighted by atomic mass is 9.81. The van der Waals surface area contributed by atoms with E-state index < -0.39 is 0 Å². The largest absolute Gasteiger partial charge is 0.353 e. The molecular weight excluding hydrogens is 338 g/mol. The van der Waals surface area contributed by atoms with Gasteiger partial charge in [0.2, 0.25) is 11.8 Å². The summed E-state index contributed by atoms with van der Waals surface area (Å²) in [7, 11) is 0. The second-order valence-corrected chi connectivity index (χ2v) is 7.93. The molecule has 0 radical (unpaired) electrons. The Balaban J connectivity index is 1.45. The molecular formula is C22H29N3O2. The van der Waals surface area contributed by atoms with Crippen LogP contribution in [-0.2, 0) is 9.59 Å². The molecule has 2 amide bonds. The van der Waals surface area contributed by atoms with E-state index in [9.17, 15) is 9.59 Å². The van der Waals surface area contributed by atoms with E-state index in [1.54, 1.807) is 24.3 Å². The molecule has 1 aromatic carbocycles. The predicted octanol–water partition coefficient (Wildman–Crippen LogP) is 4.14. The summed E-state index contributed by atoms with van der Waals surface area (Å²) in [6.07, 6.45) is 10.2. The van der Waals surface area contributed by atoms with Gasteiger partial charge in [-0.25, -0.2) is 0 Å². The molecule has 0 aliphatic heterocycles. The van der Waals surface area contributed by atoms with Crippen molar-refractivity contribution in [1.29, 1.82) is 5.26 Å². The first-order valence-corrected chi connectivity index (χ1v) is 10.3. The summed E-state index contributed by atoms with van der Waals surface area (Å²) in [6.45, 7) is 0. The summed E-state index contributed by atoms with van der Waals surface area (Å²) in [5.74, 6) is 0.159. The Morgan fingerprint density at radius 1 is 0.889 bits per heavy atom. The van der Waals surface area contributed by atoms with Gasteiger partial charge in [0, 0.05) is 23.6 Å². The average Bonchev–Trinajstić information content (AvgIpc) is 2.97. The van der Waals surface area contributed by atoms with Gasteiger partial charge in [-0.1, -0.05) is 31.7 Å². The van der Waals surface area contributed by atoms with Crippen LogP contribution >= 0.6 is 0 Å². The molecule has 5 nitrogen and oxygen atoms in total. The summed E-state index contributed by atoms with van der Waals surface area (Å²) in [4.78, 5) is 25.1. The summed E-state index contributed by atoms with van der Waals surface area (Å²) in [5.41, 5.74) is 1.19. The minimum absolute atomic E-state index is 0.00674. The van der Waals surface area contributed by atoms with Gasteiger partial charge in [0.05, 0.1) is 11.6 Å². The van der Waals surface area contributed by atoms with Crippen LogP contribution in [0.15, 0.2) is 24.3 Å². The highest BCUT2D eigenvalue weighted by atomic mass is 16.2. The second-order valence-electron chi connectivity index (χ2n) is 7.93. The number of anilines is 1. The predicted molar refractivity (Wildman–Crippen MR) is 105 cm³/mol. The van der Waals surface area contributed by atoms with Crippen molar-refractivity contribution in [3.05, 3.63) is 29.8 Å². The number of carbonyl (C=O) groups excluding carboxylic acids is 2. The highest BCUT2D eigenvalue weighted by Crippen LogP contribution is 2.30. The van der Waals surface area contributed by atoms with Crippen molar-refractivity contribution in [3.63, 3.8) is 0 Å². The third-order valence-corrected chi connectivity index (χ3v) is 5.93. The Hall–Kier alpha value is -2.35. The van der Waals surface area contributed by atoms with Crippen LogP contribution in [-0.4, -0.2) is 17.9 Å². The Morgan fingerprint density at radius 2 is 1.52 bits per heavy atom. The molecule has 2 aliphatic rings. The molecule has 2 N–H and O–H groups in total. The Labute approximate surface area is 161 Å². The second kappa shape index (κ2) is 9.55. The highest BCUT2D eigenvalue weighted by molar-refractivity contribution is 5.93. The van der Waals surface area contributed by atoms with Crippen LogP contribution in [0.25, 0.3) is 0 Å². The van der Waals surface area contributed by atoms with E-state index in [1.165, 1.54) is 25.7 Å². The topological polar surface area (TPSA) is 82.0 Å². The number of amides is 2. The molecule has 0 heterocycles. The molecule has 0 unspecified atom stereocenters. The lowest BCUT2D eigenvalue weighted by Crippen LogP contribution is -2.40. The van der Waals surface area contributed by atoms with Crippen LogP contribution < -0.4 is 10.6 Å². The van der Waals surface area contributed by atoms with Gasteiger partial charge in [0.25, 0.3) is 0 Å². The zero-order chi connectivity index (χ0) is 19.1. The zero-order valence-corrected chi connectivity index (χ0v) is 15.9. The van der Waals surface area contributed by atoms with E-state index in [0.29, 0.717) is 17.3 Å². The molecule has 144 valence electrons. The number of carbonyl (C=O) groups is 2. The van der Waals surface area contributed by atoms with Gasteiger partial charge in [-0.2, -0.15) is 5.26 Å². The van der Waals surface area contributed by atoms with E-state index in [2.05, 4.69) is 16.7 Å².